The number of aliphatic hydroxyl groups is 1. The molecule has 0 aliphatic carbocycles. The maximum absolute atomic E-state index is 11.4. The fourth-order valence-electron chi connectivity index (χ4n) is 1.46. The van der Waals surface area contributed by atoms with Crippen LogP contribution in [0.1, 0.15) is 59.3 Å². The first-order valence-electron chi connectivity index (χ1n) is 6.86. The number of ether oxygens (including phenoxy) is 2. The Labute approximate surface area is 111 Å². The van der Waals surface area contributed by atoms with Gasteiger partial charge in [-0.15, -0.1) is 0 Å². The highest BCUT2D eigenvalue weighted by molar-refractivity contribution is 5.69. The quantitative estimate of drug-likeness (QED) is 0.484. The Morgan fingerprint density at radius 2 is 1.61 bits per heavy atom. The molecule has 0 fully saturated rings. The number of rotatable bonds is 10. The van der Waals surface area contributed by atoms with E-state index in [4.69, 9.17) is 14.6 Å². The molecule has 0 radical (unpaired) electrons. The SMILES string of the molecule is CC(C)(C)OC(=O)CCCCOCCCCCO. The van der Waals surface area contributed by atoms with Gasteiger partial charge in [0.2, 0.25) is 0 Å². The van der Waals surface area contributed by atoms with Gasteiger partial charge in [-0.2, -0.15) is 0 Å². The predicted molar refractivity (Wildman–Crippen MR) is 71.5 cm³/mol. The Morgan fingerprint density at radius 1 is 1.00 bits per heavy atom. The highest BCUT2D eigenvalue weighted by Gasteiger charge is 2.15. The molecule has 0 aliphatic rings. The molecule has 0 unspecified atom stereocenters. The number of unbranched alkanes of at least 4 members (excludes halogenated alkanes) is 3. The molecule has 0 rings (SSSR count). The summed E-state index contributed by atoms with van der Waals surface area (Å²) < 4.78 is 10.6. The fraction of sp³-hybridized carbons (Fsp3) is 0.929. The van der Waals surface area contributed by atoms with Gasteiger partial charge in [-0.05, 0) is 52.9 Å². The summed E-state index contributed by atoms with van der Waals surface area (Å²) in [5, 5.41) is 8.59. The van der Waals surface area contributed by atoms with Gasteiger partial charge in [0, 0.05) is 26.2 Å². The third-order valence-electron chi connectivity index (χ3n) is 2.29. The molecule has 0 atom stereocenters. The summed E-state index contributed by atoms with van der Waals surface area (Å²) in [4.78, 5) is 11.4. The van der Waals surface area contributed by atoms with Crippen LogP contribution in [-0.2, 0) is 14.3 Å². The van der Waals surface area contributed by atoms with Crippen LogP contribution in [0, 0.1) is 0 Å². The lowest BCUT2D eigenvalue weighted by Gasteiger charge is -2.19. The number of hydrogen-bond acceptors (Lipinski definition) is 4. The first-order valence-corrected chi connectivity index (χ1v) is 6.86. The Hall–Kier alpha value is -0.610. The Kier molecular flexibility index (Phi) is 9.98. The fourth-order valence-corrected chi connectivity index (χ4v) is 1.46. The van der Waals surface area contributed by atoms with Crippen molar-refractivity contribution in [3.8, 4) is 0 Å². The summed E-state index contributed by atoms with van der Waals surface area (Å²) in [6.45, 7) is 7.32. The summed E-state index contributed by atoms with van der Waals surface area (Å²) in [5.74, 6) is -0.134. The molecule has 0 saturated heterocycles. The molecule has 0 aromatic carbocycles. The van der Waals surface area contributed by atoms with Gasteiger partial charge in [-0.25, -0.2) is 0 Å². The van der Waals surface area contributed by atoms with E-state index in [0.717, 1.165) is 38.7 Å². The maximum atomic E-state index is 11.4. The molecule has 4 heteroatoms. The normalized spacial score (nSPS) is 11.6. The van der Waals surface area contributed by atoms with E-state index in [2.05, 4.69) is 0 Å². The second kappa shape index (κ2) is 10.3. The molecule has 0 spiro atoms. The minimum Gasteiger partial charge on any atom is -0.460 e. The summed E-state index contributed by atoms with van der Waals surface area (Å²) in [6, 6.07) is 0. The van der Waals surface area contributed by atoms with E-state index >= 15 is 0 Å². The van der Waals surface area contributed by atoms with Crippen LogP contribution in [0.4, 0.5) is 0 Å². The number of aliphatic hydroxyl groups excluding tert-OH is 1. The van der Waals surface area contributed by atoms with Gasteiger partial charge >= 0.3 is 5.97 Å². The molecule has 0 bridgehead atoms. The average Bonchev–Trinajstić information content (AvgIpc) is 2.24. The van der Waals surface area contributed by atoms with Gasteiger partial charge in [0.25, 0.3) is 0 Å². The van der Waals surface area contributed by atoms with Crippen molar-refractivity contribution in [2.24, 2.45) is 0 Å². The van der Waals surface area contributed by atoms with Crippen LogP contribution >= 0.6 is 0 Å². The molecular weight excluding hydrogens is 232 g/mol. The van der Waals surface area contributed by atoms with Crippen LogP contribution in [0.5, 0.6) is 0 Å². The van der Waals surface area contributed by atoms with Crippen molar-refractivity contribution in [1.82, 2.24) is 0 Å². The largest absolute Gasteiger partial charge is 0.460 e. The smallest absolute Gasteiger partial charge is 0.306 e. The second-order valence-corrected chi connectivity index (χ2v) is 5.44. The lowest BCUT2D eigenvalue weighted by atomic mass is 10.2. The molecule has 1 N–H and O–H groups in total. The molecule has 0 aromatic rings. The van der Waals surface area contributed by atoms with Crippen LogP contribution in [0.3, 0.4) is 0 Å². The zero-order valence-corrected chi connectivity index (χ0v) is 12.0. The molecule has 0 aromatic heterocycles. The van der Waals surface area contributed by atoms with E-state index in [9.17, 15) is 4.79 Å². The molecule has 0 amide bonds. The number of carbonyl (C=O) groups excluding carboxylic acids is 1. The van der Waals surface area contributed by atoms with Crippen molar-refractivity contribution in [1.29, 1.82) is 0 Å². The van der Waals surface area contributed by atoms with Crippen molar-refractivity contribution in [2.75, 3.05) is 19.8 Å². The molecule has 4 nitrogen and oxygen atoms in total. The Morgan fingerprint density at radius 3 is 2.17 bits per heavy atom. The van der Waals surface area contributed by atoms with Gasteiger partial charge in [0.1, 0.15) is 5.60 Å². The monoisotopic (exact) mass is 260 g/mol. The Balaban J connectivity index is 3.23. The van der Waals surface area contributed by atoms with Crippen LogP contribution in [0.15, 0.2) is 0 Å². The molecule has 0 heterocycles. The number of esters is 1. The van der Waals surface area contributed by atoms with Crippen molar-refractivity contribution in [3.05, 3.63) is 0 Å². The van der Waals surface area contributed by atoms with Gasteiger partial charge in [0.05, 0.1) is 0 Å². The van der Waals surface area contributed by atoms with Crippen molar-refractivity contribution in [2.45, 2.75) is 64.9 Å². The topological polar surface area (TPSA) is 55.8 Å². The van der Waals surface area contributed by atoms with Crippen molar-refractivity contribution >= 4 is 5.97 Å². The molecule has 0 aliphatic heterocycles. The summed E-state index contributed by atoms with van der Waals surface area (Å²) in [7, 11) is 0. The van der Waals surface area contributed by atoms with E-state index in [-0.39, 0.29) is 18.2 Å². The molecule has 0 saturated carbocycles. The van der Waals surface area contributed by atoms with E-state index in [1.54, 1.807) is 0 Å². The summed E-state index contributed by atoms with van der Waals surface area (Å²) >= 11 is 0. The highest BCUT2D eigenvalue weighted by atomic mass is 16.6. The standard InChI is InChI=1S/C14H28O4/c1-14(2,3)18-13(16)9-5-8-12-17-11-7-4-6-10-15/h15H,4-12H2,1-3H3. The first-order chi connectivity index (χ1) is 8.45. The first kappa shape index (κ1) is 17.4. The minimum absolute atomic E-state index is 0.134. The van der Waals surface area contributed by atoms with Gasteiger partial charge in [-0.3, -0.25) is 4.79 Å². The van der Waals surface area contributed by atoms with Crippen LogP contribution in [0.2, 0.25) is 0 Å². The Bertz CT molecular complexity index is 208. The molecule has 18 heavy (non-hydrogen) atoms. The van der Waals surface area contributed by atoms with E-state index in [1.807, 2.05) is 20.8 Å². The zero-order valence-electron chi connectivity index (χ0n) is 12.0. The third-order valence-corrected chi connectivity index (χ3v) is 2.29. The predicted octanol–water partition coefficient (Wildman–Crippen LogP) is 2.68. The van der Waals surface area contributed by atoms with Gasteiger partial charge in [0.15, 0.2) is 0 Å². The molecular formula is C14H28O4. The van der Waals surface area contributed by atoms with Gasteiger partial charge < -0.3 is 14.6 Å². The molecule has 108 valence electrons. The maximum Gasteiger partial charge on any atom is 0.306 e. The lowest BCUT2D eigenvalue weighted by molar-refractivity contribution is -0.154. The highest BCUT2D eigenvalue weighted by Crippen LogP contribution is 2.09. The number of hydrogen-bond donors (Lipinski definition) is 1. The third kappa shape index (κ3) is 13.5. The summed E-state index contributed by atoms with van der Waals surface area (Å²) in [6.07, 6.45) is 5.01. The van der Waals surface area contributed by atoms with Crippen LogP contribution < -0.4 is 0 Å². The van der Waals surface area contributed by atoms with Crippen LogP contribution in [-0.4, -0.2) is 36.5 Å². The average molecular weight is 260 g/mol. The second-order valence-electron chi connectivity index (χ2n) is 5.44. The van der Waals surface area contributed by atoms with Crippen LogP contribution in [0.25, 0.3) is 0 Å². The lowest BCUT2D eigenvalue weighted by Crippen LogP contribution is -2.23. The zero-order chi connectivity index (χ0) is 13.9. The minimum atomic E-state index is -0.389. The summed E-state index contributed by atoms with van der Waals surface area (Å²) in [5.41, 5.74) is -0.389. The number of carbonyl (C=O) groups is 1. The van der Waals surface area contributed by atoms with Crippen molar-refractivity contribution in [3.63, 3.8) is 0 Å². The van der Waals surface area contributed by atoms with E-state index < -0.39 is 0 Å². The van der Waals surface area contributed by atoms with E-state index in [0.29, 0.717) is 13.0 Å². The van der Waals surface area contributed by atoms with Gasteiger partial charge in [-0.1, -0.05) is 0 Å². The van der Waals surface area contributed by atoms with E-state index in [1.165, 1.54) is 0 Å². The van der Waals surface area contributed by atoms with Crippen molar-refractivity contribution < 1.29 is 19.4 Å².